The van der Waals surface area contributed by atoms with Gasteiger partial charge in [-0.15, -0.1) is 12.4 Å². The molecule has 0 aliphatic carbocycles. The second kappa shape index (κ2) is 10.6. The lowest BCUT2D eigenvalue weighted by Crippen LogP contribution is -2.25. The molecule has 0 aliphatic rings. The van der Waals surface area contributed by atoms with Gasteiger partial charge in [0.05, 0.1) is 11.4 Å². The van der Waals surface area contributed by atoms with E-state index in [1.807, 2.05) is 48.5 Å². The van der Waals surface area contributed by atoms with Crippen molar-refractivity contribution in [2.75, 3.05) is 26.1 Å². The molecule has 0 bridgehead atoms. The molecule has 0 radical (unpaired) electrons. The molecule has 0 amide bonds. The Morgan fingerprint density at radius 1 is 1.04 bits per heavy atom. The topological polar surface area (TPSA) is 27.6 Å². The lowest BCUT2D eigenvalue weighted by Gasteiger charge is -2.17. The average Bonchev–Trinajstić information content (AvgIpc) is 2.56. The van der Waals surface area contributed by atoms with Crippen molar-refractivity contribution in [3.63, 3.8) is 0 Å². The molecule has 128 valence electrons. The van der Waals surface area contributed by atoms with Crippen LogP contribution in [0.3, 0.4) is 0 Å². The van der Waals surface area contributed by atoms with E-state index >= 15 is 0 Å². The van der Waals surface area contributed by atoms with Crippen LogP contribution in [0.2, 0.25) is 0 Å². The number of allylic oxidation sites excluding steroid dienone is 1. The number of rotatable bonds is 7. The number of hydrogen-bond acceptors (Lipinski definition) is 3. The van der Waals surface area contributed by atoms with Crippen molar-refractivity contribution in [1.29, 1.82) is 0 Å². The van der Waals surface area contributed by atoms with Crippen molar-refractivity contribution in [3.8, 4) is 0 Å². The van der Waals surface area contributed by atoms with Crippen LogP contribution in [0.15, 0.2) is 71.8 Å². The Hall–Kier alpha value is -2.10. The molecule has 0 spiro atoms. The molecule has 0 fully saturated rings. The Balaban J connectivity index is 0.00000288. The molecular weight excluding hydrogens is 318 g/mol. The fraction of sp³-hybridized carbons (Fsp3) is 0.250. The minimum Gasteiger partial charge on any atom is -0.309 e. The highest BCUT2D eigenvalue weighted by Gasteiger charge is 2.09. The summed E-state index contributed by atoms with van der Waals surface area (Å²) in [6.45, 7) is 3.15. The Morgan fingerprint density at radius 3 is 2.21 bits per heavy atom. The van der Waals surface area contributed by atoms with Gasteiger partial charge in [-0.05, 0) is 37.9 Å². The molecule has 0 heterocycles. The third-order valence-electron chi connectivity index (χ3n) is 3.48. The van der Waals surface area contributed by atoms with E-state index in [-0.39, 0.29) is 12.4 Å². The van der Waals surface area contributed by atoms with Crippen LogP contribution in [-0.4, -0.2) is 31.3 Å². The zero-order valence-electron chi connectivity index (χ0n) is 14.5. The second-order valence-electron chi connectivity index (χ2n) is 5.92. The van der Waals surface area contributed by atoms with Crippen molar-refractivity contribution in [2.24, 2.45) is 11.0 Å². The van der Waals surface area contributed by atoms with E-state index in [1.54, 1.807) is 0 Å². The molecule has 0 aromatic heterocycles. The zero-order chi connectivity index (χ0) is 16.5. The summed E-state index contributed by atoms with van der Waals surface area (Å²) >= 11 is 0. The highest BCUT2D eigenvalue weighted by atomic mass is 35.5. The van der Waals surface area contributed by atoms with E-state index in [9.17, 15) is 0 Å². The van der Waals surface area contributed by atoms with Crippen LogP contribution in [0.25, 0.3) is 6.08 Å². The standard InChI is InChI=1S/C20H25N3.ClH/c1-17(16-23(2)3)20(15-14-18-10-6-4-7-11-18)22-21-19-12-8-5-9-13-19;/h4-15,17,21H,16H2,1-3H3;1H/b15-14+,22-20+;. The predicted molar refractivity (Wildman–Crippen MR) is 108 cm³/mol. The molecule has 4 heteroatoms. The summed E-state index contributed by atoms with van der Waals surface area (Å²) in [5.41, 5.74) is 6.36. The Bertz CT molecular complexity index is 636. The summed E-state index contributed by atoms with van der Waals surface area (Å²) in [4.78, 5) is 2.18. The maximum Gasteiger partial charge on any atom is 0.0648 e. The molecule has 2 aromatic carbocycles. The van der Waals surface area contributed by atoms with Gasteiger partial charge in [0, 0.05) is 12.5 Å². The van der Waals surface area contributed by atoms with Gasteiger partial charge in [0.25, 0.3) is 0 Å². The van der Waals surface area contributed by atoms with Gasteiger partial charge in [-0.3, -0.25) is 5.43 Å². The highest BCUT2D eigenvalue weighted by Crippen LogP contribution is 2.09. The summed E-state index contributed by atoms with van der Waals surface area (Å²) in [5.74, 6) is 0.334. The second-order valence-corrected chi connectivity index (χ2v) is 5.92. The third kappa shape index (κ3) is 6.99. The molecule has 3 nitrogen and oxygen atoms in total. The van der Waals surface area contributed by atoms with Crippen molar-refractivity contribution in [1.82, 2.24) is 4.90 Å². The van der Waals surface area contributed by atoms with Crippen LogP contribution >= 0.6 is 12.4 Å². The van der Waals surface area contributed by atoms with Gasteiger partial charge >= 0.3 is 0 Å². The summed E-state index contributed by atoms with van der Waals surface area (Å²) in [5, 5.41) is 4.62. The molecular formula is C20H26ClN3. The van der Waals surface area contributed by atoms with Gasteiger partial charge in [-0.1, -0.05) is 61.5 Å². The van der Waals surface area contributed by atoms with Gasteiger partial charge < -0.3 is 4.90 Å². The normalized spacial score (nSPS) is 12.9. The van der Waals surface area contributed by atoms with E-state index in [0.29, 0.717) is 5.92 Å². The highest BCUT2D eigenvalue weighted by molar-refractivity contribution is 6.00. The lowest BCUT2D eigenvalue weighted by molar-refractivity contribution is 0.381. The Labute approximate surface area is 151 Å². The summed E-state index contributed by atoms with van der Waals surface area (Å²) < 4.78 is 0. The number of hydrogen-bond donors (Lipinski definition) is 1. The number of benzene rings is 2. The smallest absolute Gasteiger partial charge is 0.0648 e. The van der Waals surface area contributed by atoms with Gasteiger partial charge in [-0.25, -0.2) is 0 Å². The number of nitrogens with zero attached hydrogens (tertiary/aromatic N) is 2. The molecule has 0 saturated heterocycles. The molecule has 24 heavy (non-hydrogen) atoms. The molecule has 0 saturated carbocycles. The minimum absolute atomic E-state index is 0. The fourth-order valence-electron chi connectivity index (χ4n) is 2.34. The first kappa shape index (κ1) is 19.9. The van der Waals surface area contributed by atoms with Gasteiger partial charge in [0.15, 0.2) is 0 Å². The summed E-state index contributed by atoms with van der Waals surface area (Å²) in [6, 6.07) is 20.3. The number of nitrogens with one attached hydrogen (secondary N) is 1. The molecule has 1 N–H and O–H groups in total. The number of halogens is 1. The molecule has 2 rings (SSSR count). The number of hydrazone groups is 1. The fourth-order valence-corrected chi connectivity index (χ4v) is 2.34. The van der Waals surface area contributed by atoms with Crippen molar-refractivity contribution in [3.05, 3.63) is 72.3 Å². The first-order valence-electron chi connectivity index (χ1n) is 7.91. The lowest BCUT2D eigenvalue weighted by atomic mass is 10.0. The van der Waals surface area contributed by atoms with E-state index in [1.165, 1.54) is 5.56 Å². The first-order valence-corrected chi connectivity index (χ1v) is 7.91. The molecule has 2 aromatic rings. The van der Waals surface area contributed by atoms with Gasteiger partial charge in [0.1, 0.15) is 0 Å². The summed E-state index contributed by atoms with van der Waals surface area (Å²) in [6.07, 6.45) is 4.21. The van der Waals surface area contributed by atoms with Crippen LogP contribution in [0.5, 0.6) is 0 Å². The van der Waals surface area contributed by atoms with E-state index in [4.69, 9.17) is 0 Å². The number of anilines is 1. The molecule has 1 atom stereocenters. The van der Waals surface area contributed by atoms with Gasteiger partial charge in [-0.2, -0.15) is 5.10 Å². The average molecular weight is 344 g/mol. The Kier molecular flexibility index (Phi) is 8.84. The minimum atomic E-state index is 0. The van der Waals surface area contributed by atoms with Crippen LogP contribution in [0, 0.1) is 5.92 Å². The number of para-hydroxylation sites is 1. The molecule has 0 aliphatic heterocycles. The molecule has 1 unspecified atom stereocenters. The SMILES string of the molecule is CC(CN(C)C)C(/C=C/c1ccccc1)=N/Nc1ccccc1.Cl. The third-order valence-corrected chi connectivity index (χ3v) is 3.48. The Morgan fingerprint density at radius 2 is 1.62 bits per heavy atom. The van der Waals surface area contributed by atoms with Crippen LogP contribution in [0.4, 0.5) is 5.69 Å². The van der Waals surface area contributed by atoms with E-state index < -0.39 is 0 Å². The van der Waals surface area contributed by atoms with Crippen molar-refractivity contribution < 1.29 is 0 Å². The summed E-state index contributed by atoms with van der Waals surface area (Å²) in [7, 11) is 4.17. The van der Waals surface area contributed by atoms with Gasteiger partial charge in [0.2, 0.25) is 0 Å². The largest absolute Gasteiger partial charge is 0.309 e. The zero-order valence-corrected chi connectivity index (χ0v) is 15.3. The maximum absolute atomic E-state index is 4.62. The van der Waals surface area contributed by atoms with Crippen molar-refractivity contribution >= 4 is 29.9 Å². The van der Waals surface area contributed by atoms with Crippen LogP contribution in [-0.2, 0) is 0 Å². The first-order chi connectivity index (χ1) is 11.1. The van der Waals surface area contributed by atoms with Crippen molar-refractivity contribution in [2.45, 2.75) is 6.92 Å². The quantitative estimate of drug-likeness (QED) is 0.578. The van der Waals surface area contributed by atoms with Crippen LogP contribution < -0.4 is 5.43 Å². The van der Waals surface area contributed by atoms with Crippen LogP contribution in [0.1, 0.15) is 12.5 Å². The van der Waals surface area contributed by atoms with E-state index in [0.717, 1.165) is 17.9 Å². The maximum atomic E-state index is 4.62. The predicted octanol–water partition coefficient (Wildman–Crippen LogP) is 4.79. The van der Waals surface area contributed by atoms with E-state index in [2.05, 4.69) is 60.7 Å². The monoisotopic (exact) mass is 343 g/mol.